The molecule has 0 unspecified atom stereocenters. The minimum absolute atomic E-state index is 0.00662. The second-order valence-electron chi connectivity index (χ2n) is 6.21. The van der Waals surface area contributed by atoms with Crippen LogP contribution in [0.5, 0.6) is 17.4 Å². The summed E-state index contributed by atoms with van der Waals surface area (Å²) in [6.07, 6.45) is 2.75. The van der Waals surface area contributed by atoms with Crippen molar-refractivity contribution in [3.8, 4) is 17.4 Å². The summed E-state index contributed by atoms with van der Waals surface area (Å²) in [5, 5.41) is 6.83. The molecule has 9 nitrogen and oxygen atoms in total. The van der Waals surface area contributed by atoms with E-state index < -0.39 is 17.4 Å². The number of aromatic nitrogens is 4. The van der Waals surface area contributed by atoms with Crippen LogP contribution in [0.25, 0.3) is 5.65 Å². The Morgan fingerprint density at radius 3 is 2.77 bits per heavy atom. The lowest BCUT2D eigenvalue weighted by molar-refractivity contribution is -0.117. The highest BCUT2D eigenvalue weighted by Gasteiger charge is 2.16. The molecular weight excluding hydrogens is 393 g/mol. The van der Waals surface area contributed by atoms with Gasteiger partial charge < -0.3 is 14.8 Å². The van der Waals surface area contributed by atoms with Gasteiger partial charge in [0.15, 0.2) is 0 Å². The fourth-order valence-electron chi connectivity index (χ4n) is 2.78. The van der Waals surface area contributed by atoms with Gasteiger partial charge in [0.05, 0.1) is 7.11 Å². The summed E-state index contributed by atoms with van der Waals surface area (Å²) >= 11 is 0. The number of anilines is 1. The molecule has 2 aromatic carbocycles. The van der Waals surface area contributed by atoms with Gasteiger partial charge in [0.2, 0.25) is 11.6 Å². The smallest absolute Gasteiger partial charge is 0.351 e. The molecule has 4 rings (SSSR count). The Morgan fingerprint density at radius 2 is 1.97 bits per heavy atom. The first-order valence-electron chi connectivity index (χ1n) is 8.85. The van der Waals surface area contributed by atoms with Crippen LogP contribution in [0.15, 0.2) is 65.7 Å². The first kappa shape index (κ1) is 19.1. The number of benzene rings is 2. The number of nitrogens with zero attached hydrogens (tertiary/aromatic N) is 4. The molecule has 2 aromatic heterocycles. The molecule has 0 fully saturated rings. The number of amides is 1. The van der Waals surface area contributed by atoms with Crippen molar-refractivity contribution in [2.24, 2.45) is 0 Å². The van der Waals surface area contributed by atoms with Crippen LogP contribution >= 0.6 is 0 Å². The third-order valence-corrected chi connectivity index (χ3v) is 4.13. The van der Waals surface area contributed by atoms with Gasteiger partial charge in [-0.2, -0.15) is 0 Å². The maximum absolute atomic E-state index is 13.4. The molecule has 0 spiro atoms. The zero-order valence-corrected chi connectivity index (χ0v) is 15.8. The molecule has 0 aliphatic rings. The van der Waals surface area contributed by atoms with Crippen molar-refractivity contribution in [1.82, 2.24) is 19.2 Å². The fraction of sp³-hybridized carbons (Fsp3) is 0.100. The number of hydrogen-bond donors (Lipinski definition) is 1. The summed E-state index contributed by atoms with van der Waals surface area (Å²) in [6, 6.07) is 12.3. The summed E-state index contributed by atoms with van der Waals surface area (Å²) in [7, 11) is 1.52. The van der Waals surface area contributed by atoms with E-state index in [1.165, 1.54) is 42.1 Å². The fourth-order valence-corrected chi connectivity index (χ4v) is 2.78. The molecule has 0 radical (unpaired) electrons. The lowest BCUT2D eigenvalue weighted by atomic mass is 10.3. The van der Waals surface area contributed by atoms with E-state index in [0.29, 0.717) is 11.4 Å². The summed E-state index contributed by atoms with van der Waals surface area (Å²) in [6.45, 7) is -0.322. The van der Waals surface area contributed by atoms with Crippen molar-refractivity contribution in [2.45, 2.75) is 6.54 Å². The average Bonchev–Trinajstić information content (AvgIpc) is 3.05. The number of nitrogens with one attached hydrogen (secondary N) is 1. The SMILES string of the molecule is COc1cccc(NC(=O)Cn2nc3c(Oc4cccc(F)c4)nccn3c2=O)c1. The molecule has 2 heterocycles. The number of carbonyl (C=O) groups excluding carboxylic acids is 1. The molecule has 152 valence electrons. The van der Waals surface area contributed by atoms with Gasteiger partial charge in [-0.1, -0.05) is 12.1 Å². The van der Waals surface area contributed by atoms with Crippen LogP contribution in [0.3, 0.4) is 0 Å². The lowest BCUT2D eigenvalue weighted by Gasteiger charge is -2.06. The van der Waals surface area contributed by atoms with Crippen LogP contribution in [-0.2, 0) is 11.3 Å². The van der Waals surface area contributed by atoms with Crippen LogP contribution < -0.4 is 20.5 Å². The van der Waals surface area contributed by atoms with Crippen LogP contribution in [0.2, 0.25) is 0 Å². The van der Waals surface area contributed by atoms with E-state index in [9.17, 15) is 14.0 Å². The Bertz CT molecular complexity index is 1280. The van der Waals surface area contributed by atoms with E-state index in [-0.39, 0.29) is 23.8 Å². The second-order valence-corrected chi connectivity index (χ2v) is 6.21. The van der Waals surface area contributed by atoms with E-state index in [0.717, 1.165) is 4.68 Å². The minimum atomic E-state index is -0.544. The van der Waals surface area contributed by atoms with Gasteiger partial charge in [0.25, 0.3) is 5.88 Å². The molecule has 1 amide bonds. The van der Waals surface area contributed by atoms with Gasteiger partial charge in [-0.15, -0.1) is 5.10 Å². The number of carbonyl (C=O) groups is 1. The number of fused-ring (bicyclic) bond motifs is 1. The van der Waals surface area contributed by atoms with E-state index >= 15 is 0 Å². The maximum Gasteiger partial charge on any atom is 0.351 e. The number of rotatable bonds is 6. The van der Waals surface area contributed by atoms with E-state index in [1.54, 1.807) is 30.3 Å². The first-order chi connectivity index (χ1) is 14.5. The van der Waals surface area contributed by atoms with E-state index in [1.807, 2.05) is 0 Å². The molecule has 30 heavy (non-hydrogen) atoms. The molecule has 0 aliphatic carbocycles. The first-order valence-corrected chi connectivity index (χ1v) is 8.85. The van der Waals surface area contributed by atoms with Gasteiger partial charge in [-0.05, 0) is 24.3 Å². The number of halogens is 1. The minimum Gasteiger partial charge on any atom is -0.497 e. The summed E-state index contributed by atoms with van der Waals surface area (Å²) in [5.74, 6) is -0.130. The third-order valence-electron chi connectivity index (χ3n) is 4.13. The molecular formula is C20H16FN5O4. The Kier molecular flexibility index (Phi) is 5.12. The summed E-state index contributed by atoms with van der Waals surface area (Å²) in [4.78, 5) is 29.0. The highest BCUT2D eigenvalue weighted by Crippen LogP contribution is 2.22. The molecule has 0 saturated heterocycles. The van der Waals surface area contributed by atoms with Crippen LogP contribution in [-0.4, -0.2) is 32.2 Å². The summed E-state index contributed by atoms with van der Waals surface area (Å²) < 4.78 is 26.3. The standard InChI is InChI=1S/C20H16FN5O4/c1-29-15-6-3-5-14(11-15)23-17(27)12-26-20(28)25-9-8-22-19(18(25)24-26)30-16-7-2-4-13(21)10-16/h2-11H,12H2,1H3,(H,23,27). The van der Waals surface area contributed by atoms with Gasteiger partial charge >= 0.3 is 5.69 Å². The Labute approximate surface area is 169 Å². The van der Waals surface area contributed by atoms with Crippen molar-refractivity contribution >= 4 is 17.2 Å². The van der Waals surface area contributed by atoms with Crippen LogP contribution in [0, 0.1) is 5.82 Å². The quantitative estimate of drug-likeness (QED) is 0.525. The van der Waals surface area contributed by atoms with E-state index in [2.05, 4.69) is 15.4 Å². The predicted molar refractivity (Wildman–Crippen MR) is 105 cm³/mol. The Morgan fingerprint density at radius 1 is 1.17 bits per heavy atom. The highest BCUT2D eigenvalue weighted by molar-refractivity contribution is 5.90. The van der Waals surface area contributed by atoms with Crippen LogP contribution in [0.4, 0.5) is 10.1 Å². The monoisotopic (exact) mass is 409 g/mol. The van der Waals surface area contributed by atoms with Crippen molar-refractivity contribution in [3.63, 3.8) is 0 Å². The predicted octanol–water partition coefficient (Wildman–Crippen LogP) is 2.47. The summed E-state index contributed by atoms with van der Waals surface area (Å²) in [5.41, 5.74) is 0.0752. The van der Waals surface area contributed by atoms with Gasteiger partial charge in [-0.25, -0.2) is 23.3 Å². The Hall–Kier alpha value is -4.21. The third kappa shape index (κ3) is 3.97. The maximum atomic E-state index is 13.4. The van der Waals surface area contributed by atoms with Crippen molar-refractivity contribution in [2.75, 3.05) is 12.4 Å². The molecule has 0 bridgehead atoms. The normalized spacial score (nSPS) is 10.7. The Balaban J connectivity index is 1.58. The van der Waals surface area contributed by atoms with Gasteiger partial charge in [0, 0.05) is 30.2 Å². The second kappa shape index (κ2) is 8.03. The van der Waals surface area contributed by atoms with Gasteiger partial charge in [-0.3, -0.25) is 4.79 Å². The molecule has 4 aromatic rings. The largest absolute Gasteiger partial charge is 0.497 e. The molecule has 1 N–H and O–H groups in total. The van der Waals surface area contributed by atoms with Crippen LogP contribution in [0.1, 0.15) is 0 Å². The zero-order chi connectivity index (χ0) is 21.1. The number of methoxy groups -OCH3 is 1. The topological polar surface area (TPSA) is 99.8 Å². The highest BCUT2D eigenvalue weighted by atomic mass is 19.1. The van der Waals surface area contributed by atoms with Crippen molar-refractivity contribution in [3.05, 3.63) is 77.2 Å². The van der Waals surface area contributed by atoms with E-state index in [4.69, 9.17) is 9.47 Å². The molecule has 0 aliphatic heterocycles. The molecule has 10 heteroatoms. The van der Waals surface area contributed by atoms with Crippen molar-refractivity contribution < 1.29 is 18.7 Å². The van der Waals surface area contributed by atoms with Crippen molar-refractivity contribution in [1.29, 1.82) is 0 Å². The molecule has 0 atom stereocenters. The average molecular weight is 409 g/mol. The molecule has 0 saturated carbocycles. The number of hydrogen-bond acceptors (Lipinski definition) is 6. The lowest BCUT2D eigenvalue weighted by Crippen LogP contribution is -2.28. The number of ether oxygens (including phenoxy) is 2. The van der Waals surface area contributed by atoms with Gasteiger partial charge in [0.1, 0.15) is 23.9 Å². The zero-order valence-electron chi connectivity index (χ0n) is 15.8.